The van der Waals surface area contributed by atoms with Gasteiger partial charge in [0.15, 0.2) is 23.1 Å². The molecule has 1 fully saturated rings. The first-order valence-electron chi connectivity index (χ1n) is 13.7. The minimum absolute atomic E-state index is 0.106. The molecule has 1 aromatic carbocycles. The van der Waals surface area contributed by atoms with Crippen LogP contribution in [0.4, 0.5) is 29.2 Å². The molecular weight excluding hydrogens is 606 g/mol. The highest BCUT2D eigenvalue weighted by molar-refractivity contribution is 7.92. The third-order valence-corrected chi connectivity index (χ3v) is 9.56. The van der Waals surface area contributed by atoms with E-state index >= 15 is 0 Å². The van der Waals surface area contributed by atoms with Crippen molar-refractivity contribution in [1.29, 1.82) is 0 Å². The number of alkyl halides is 3. The van der Waals surface area contributed by atoms with E-state index in [1.165, 1.54) is 6.20 Å². The summed E-state index contributed by atoms with van der Waals surface area (Å²) in [7, 11) is -4.55. The summed E-state index contributed by atoms with van der Waals surface area (Å²) >= 11 is 0. The molecule has 0 bridgehead atoms. The summed E-state index contributed by atoms with van der Waals surface area (Å²) in [5, 5.41) is 3.27. The molecule has 0 unspecified atom stereocenters. The van der Waals surface area contributed by atoms with Crippen molar-refractivity contribution >= 4 is 38.3 Å². The van der Waals surface area contributed by atoms with Gasteiger partial charge in [-0.15, -0.1) is 0 Å². The number of carbonyl (C=O) groups excluding carboxylic acids is 1. The standard InChI is InChI=1S/C29H23F4N5O5S/c30-20-7-16(9-23-26(20)43-5-3-24(31)44(23,40)41)28(39)36-14-18-10-21-15(12-34-18)1-2-25(37-21)38-4-6-42-22-8-17(13-35-27(22)38)19-11-29(19,32)33/h1-2,7-10,12-13,19,24H,3-6,11,14H2,(H,36,39)/t19-,24-/m1/s1. The van der Waals surface area contributed by atoms with Crippen LogP contribution < -0.4 is 19.7 Å². The largest absolute Gasteiger partial charge is 0.489 e. The highest BCUT2D eigenvalue weighted by Gasteiger charge is 2.58. The molecule has 228 valence electrons. The number of aromatic nitrogens is 3. The minimum Gasteiger partial charge on any atom is -0.489 e. The minimum atomic E-state index is -4.55. The van der Waals surface area contributed by atoms with Crippen molar-refractivity contribution in [2.24, 2.45) is 0 Å². The Balaban J connectivity index is 1.11. The Bertz CT molecular complexity index is 1940. The molecule has 3 aliphatic rings. The van der Waals surface area contributed by atoms with E-state index in [1.54, 1.807) is 30.5 Å². The molecule has 7 rings (SSSR count). The molecule has 2 aliphatic heterocycles. The fourth-order valence-corrected chi connectivity index (χ4v) is 6.66. The van der Waals surface area contributed by atoms with E-state index in [-0.39, 0.29) is 25.1 Å². The van der Waals surface area contributed by atoms with Crippen LogP contribution in [0.5, 0.6) is 11.5 Å². The van der Waals surface area contributed by atoms with Crippen LogP contribution >= 0.6 is 0 Å². The number of anilines is 2. The van der Waals surface area contributed by atoms with Crippen molar-refractivity contribution < 1.29 is 40.2 Å². The second-order valence-corrected chi connectivity index (χ2v) is 12.7. The highest BCUT2D eigenvalue weighted by atomic mass is 32.2. The summed E-state index contributed by atoms with van der Waals surface area (Å²) in [5.74, 6) is -4.69. The second kappa shape index (κ2) is 10.3. The normalized spacial score (nSPS) is 21.3. The number of amides is 1. The van der Waals surface area contributed by atoms with Crippen molar-refractivity contribution in [3.8, 4) is 11.5 Å². The molecule has 0 radical (unpaired) electrons. The van der Waals surface area contributed by atoms with Crippen molar-refractivity contribution in [3.63, 3.8) is 0 Å². The van der Waals surface area contributed by atoms with Gasteiger partial charge in [-0.1, -0.05) is 0 Å². The number of fused-ring (bicyclic) bond motifs is 3. The fourth-order valence-electron chi connectivity index (χ4n) is 5.27. The van der Waals surface area contributed by atoms with Gasteiger partial charge in [-0.05, 0) is 42.0 Å². The van der Waals surface area contributed by atoms with Crippen molar-refractivity contribution in [2.45, 2.75) is 41.6 Å². The van der Waals surface area contributed by atoms with E-state index in [0.717, 1.165) is 12.1 Å². The van der Waals surface area contributed by atoms with Crippen LogP contribution in [-0.4, -0.2) is 60.5 Å². The lowest BCUT2D eigenvalue weighted by Crippen LogP contribution is -2.30. The van der Waals surface area contributed by atoms with Crippen LogP contribution in [-0.2, 0) is 16.4 Å². The SMILES string of the molecule is O=C(NCc1cc2nc(N3CCOc4cc([C@H]5CC5(F)F)cnc43)ccc2cn1)c1cc(F)c2c(c1)S(=O)(=O)[C@@H](F)CCO2. The summed E-state index contributed by atoms with van der Waals surface area (Å²) < 4.78 is 91.9. The summed E-state index contributed by atoms with van der Waals surface area (Å²) in [6.07, 6.45) is 2.33. The van der Waals surface area contributed by atoms with E-state index in [1.807, 2.05) is 4.90 Å². The maximum absolute atomic E-state index is 14.7. The molecule has 44 heavy (non-hydrogen) atoms. The molecule has 10 nitrogen and oxygen atoms in total. The van der Waals surface area contributed by atoms with E-state index in [0.29, 0.717) is 52.7 Å². The fraction of sp³-hybridized carbons (Fsp3) is 0.310. The molecule has 1 aliphatic carbocycles. The lowest BCUT2D eigenvalue weighted by Gasteiger charge is -2.29. The molecule has 0 saturated heterocycles. The number of rotatable bonds is 5. The van der Waals surface area contributed by atoms with Gasteiger partial charge in [0.2, 0.25) is 15.3 Å². The monoisotopic (exact) mass is 629 g/mol. The van der Waals surface area contributed by atoms with Crippen molar-refractivity contribution in [1.82, 2.24) is 20.3 Å². The molecule has 1 saturated carbocycles. The second-order valence-electron chi connectivity index (χ2n) is 10.7. The lowest BCUT2D eigenvalue weighted by atomic mass is 10.1. The maximum atomic E-state index is 14.7. The number of hydrogen-bond donors (Lipinski definition) is 1. The van der Waals surface area contributed by atoms with E-state index < -0.39 is 56.0 Å². The number of hydrogen-bond acceptors (Lipinski definition) is 9. The Kier molecular flexibility index (Phi) is 6.60. The summed E-state index contributed by atoms with van der Waals surface area (Å²) in [4.78, 5) is 27.4. The van der Waals surface area contributed by atoms with Crippen molar-refractivity contribution in [2.75, 3.05) is 24.7 Å². The van der Waals surface area contributed by atoms with Crippen LogP contribution in [0.3, 0.4) is 0 Å². The quantitative estimate of drug-likeness (QED) is 0.316. The predicted octanol–water partition coefficient (Wildman–Crippen LogP) is 4.60. The first kappa shape index (κ1) is 28.3. The van der Waals surface area contributed by atoms with Crippen LogP contribution in [0.25, 0.3) is 10.9 Å². The average Bonchev–Trinajstić information content (AvgIpc) is 3.68. The number of carbonyl (C=O) groups is 1. The number of pyridine rings is 3. The van der Waals surface area contributed by atoms with Gasteiger partial charge in [0, 0.05) is 36.2 Å². The molecule has 3 aromatic heterocycles. The van der Waals surface area contributed by atoms with Gasteiger partial charge in [0.05, 0.1) is 36.8 Å². The lowest BCUT2D eigenvalue weighted by molar-refractivity contribution is 0.0949. The molecule has 4 aromatic rings. The van der Waals surface area contributed by atoms with E-state index in [4.69, 9.17) is 14.5 Å². The van der Waals surface area contributed by atoms with Gasteiger partial charge in [-0.2, -0.15) is 0 Å². The van der Waals surface area contributed by atoms with Gasteiger partial charge in [0.1, 0.15) is 17.3 Å². The first-order chi connectivity index (χ1) is 21.0. The Morgan fingerprint density at radius 3 is 2.70 bits per heavy atom. The van der Waals surface area contributed by atoms with Crippen LogP contribution in [0.1, 0.15) is 40.4 Å². The molecule has 0 spiro atoms. The van der Waals surface area contributed by atoms with Gasteiger partial charge in [-0.25, -0.2) is 35.9 Å². The van der Waals surface area contributed by atoms with Crippen LogP contribution in [0, 0.1) is 5.82 Å². The topological polar surface area (TPSA) is 124 Å². The molecule has 5 heterocycles. The number of ether oxygens (including phenoxy) is 2. The van der Waals surface area contributed by atoms with Gasteiger partial charge < -0.3 is 19.7 Å². The number of nitrogens with zero attached hydrogens (tertiary/aromatic N) is 4. The Morgan fingerprint density at radius 2 is 1.91 bits per heavy atom. The third-order valence-electron chi connectivity index (χ3n) is 7.74. The van der Waals surface area contributed by atoms with Crippen LogP contribution in [0.2, 0.25) is 0 Å². The van der Waals surface area contributed by atoms with Crippen molar-refractivity contribution in [3.05, 3.63) is 71.4 Å². The molecule has 2 atom stereocenters. The van der Waals surface area contributed by atoms with Crippen LogP contribution in [0.15, 0.2) is 53.7 Å². The first-order valence-corrected chi connectivity index (χ1v) is 15.2. The average molecular weight is 630 g/mol. The van der Waals surface area contributed by atoms with E-state index in [2.05, 4.69) is 15.3 Å². The molecule has 1 amide bonds. The Hall–Kier alpha value is -4.53. The molecular formula is C29H23F4N5O5S. The summed E-state index contributed by atoms with van der Waals surface area (Å²) in [5.41, 5.74) is -1.24. The maximum Gasteiger partial charge on any atom is 0.255 e. The Morgan fingerprint density at radius 1 is 1.09 bits per heavy atom. The molecule has 15 heteroatoms. The van der Waals surface area contributed by atoms with Gasteiger partial charge >= 0.3 is 0 Å². The number of benzene rings is 1. The van der Waals surface area contributed by atoms with Gasteiger partial charge in [-0.3, -0.25) is 9.78 Å². The number of nitrogens with one attached hydrogen (secondary N) is 1. The number of sulfone groups is 1. The zero-order chi connectivity index (χ0) is 30.8. The summed E-state index contributed by atoms with van der Waals surface area (Å²) in [6, 6.07) is 8.56. The van der Waals surface area contributed by atoms with E-state index in [9.17, 15) is 30.8 Å². The smallest absolute Gasteiger partial charge is 0.255 e. The zero-order valence-electron chi connectivity index (χ0n) is 22.8. The third kappa shape index (κ3) is 4.94. The molecule has 1 N–H and O–H groups in total. The summed E-state index contributed by atoms with van der Waals surface area (Å²) in [6.45, 7) is 0.295. The predicted molar refractivity (Wildman–Crippen MR) is 148 cm³/mol. The number of halogens is 4. The van der Waals surface area contributed by atoms with Gasteiger partial charge in [0.25, 0.3) is 11.8 Å². The zero-order valence-corrected chi connectivity index (χ0v) is 23.6. The highest BCUT2D eigenvalue weighted by Crippen LogP contribution is 2.56. The Labute approximate surface area is 248 Å².